The van der Waals surface area contributed by atoms with Gasteiger partial charge in [0, 0.05) is 17.8 Å². The van der Waals surface area contributed by atoms with Gasteiger partial charge in [0.25, 0.3) is 0 Å². The van der Waals surface area contributed by atoms with Gasteiger partial charge in [-0.05, 0) is 12.1 Å². The van der Waals surface area contributed by atoms with E-state index in [2.05, 4.69) is 15.0 Å². The first-order chi connectivity index (χ1) is 11.5. The van der Waals surface area contributed by atoms with Gasteiger partial charge in [-0.15, -0.1) is 0 Å². The number of anilines is 1. The predicted octanol–water partition coefficient (Wildman–Crippen LogP) is 2.97. The van der Waals surface area contributed by atoms with Crippen molar-refractivity contribution in [3.63, 3.8) is 0 Å². The Balaban J connectivity index is 2.17. The second-order valence-corrected chi connectivity index (χ2v) is 5.12. The van der Waals surface area contributed by atoms with Gasteiger partial charge < -0.3 is 21.2 Å². The number of ether oxygens (including phenoxy) is 1. The van der Waals surface area contributed by atoms with Crippen LogP contribution in [0.15, 0.2) is 36.5 Å². The molecule has 1 amide bonds. The number of amides is 1. The number of rotatable bonds is 3. The van der Waals surface area contributed by atoms with Crippen LogP contribution in [-0.4, -0.2) is 21.0 Å². The molecule has 7 nitrogen and oxygen atoms in total. The largest absolute Gasteiger partial charge is 0.410 e. The standard InChI is InChI=1S/C15H11ClFN5O2/c16-12-7(2-1-3-8(12)17)13-11(24-15(19)23)6-10(21-13)9-4-5-20-14(18)22-9/h1-6,21H,(H2,19,23)(H2,18,20,22). The topological polar surface area (TPSA) is 120 Å². The summed E-state index contributed by atoms with van der Waals surface area (Å²) in [4.78, 5) is 22.0. The van der Waals surface area contributed by atoms with Gasteiger partial charge in [0.2, 0.25) is 5.95 Å². The van der Waals surface area contributed by atoms with Crippen LogP contribution in [-0.2, 0) is 0 Å². The van der Waals surface area contributed by atoms with Crippen molar-refractivity contribution in [2.75, 3.05) is 5.73 Å². The highest BCUT2D eigenvalue weighted by molar-refractivity contribution is 6.33. The van der Waals surface area contributed by atoms with Gasteiger partial charge in [-0.1, -0.05) is 23.7 Å². The van der Waals surface area contributed by atoms with Crippen LogP contribution in [0.4, 0.5) is 15.1 Å². The number of halogens is 2. The Bertz CT molecular complexity index is 928. The molecule has 0 aliphatic carbocycles. The van der Waals surface area contributed by atoms with Gasteiger partial charge in [0.05, 0.1) is 22.1 Å². The van der Waals surface area contributed by atoms with E-state index in [1.807, 2.05) is 0 Å². The number of primary amides is 1. The van der Waals surface area contributed by atoms with Crippen LogP contribution < -0.4 is 16.2 Å². The summed E-state index contributed by atoms with van der Waals surface area (Å²) in [5, 5.41) is -0.123. The first-order valence-electron chi connectivity index (χ1n) is 6.69. The zero-order valence-corrected chi connectivity index (χ0v) is 12.8. The fourth-order valence-corrected chi connectivity index (χ4v) is 2.40. The predicted molar refractivity (Wildman–Crippen MR) is 86.8 cm³/mol. The lowest BCUT2D eigenvalue weighted by Crippen LogP contribution is -2.16. The summed E-state index contributed by atoms with van der Waals surface area (Å²) in [6.45, 7) is 0. The van der Waals surface area contributed by atoms with Gasteiger partial charge in [-0.2, -0.15) is 0 Å². The van der Waals surface area contributed by atoms with Crippen molar-refractivity contribution in [1.29, 1.82) is 0 Å². The lowest BCUT2D eigenvalue weighted by atomic mass is 10.1. The van der Waals surface area contributed by atoms with E-state index in [9.17, 15) is 9.18 Å². The van der Waals surface area contributed by atoms with E-state index in [1.165, 1.54) is 24.4 Å². The Morgan fingerprint density at radius 2 is 2.12 bits per heavy atom. The van der Waals surface area contributed by atoms with Crippen molar-refractivity contribution in [2.45, 2.75) is 0 Å². The van der Waals surface area contributed by atoms with Gasteiger partial charge in [0.1, 0.15) is 5.82 Å². The van der Waals surface area contributed by atoms with Crippen molar-refractivity contribution in [3.05, 3.63) is 47.4 Å². The van der Waals surface area contributed by atoms with Crippen LogP contribution in [0.5, 0.6) is 5.75 Å². The molecule has 5 N–H and O–H groups in total. The third-order valence-corrected chi connectivity index (χ3v) is 3.55. The molecule has 0 atom stereocenters. The molecule has 24 heavy (non-hydrogen) atoms. The average Bonchev–Trinajstić information content (AvgIpc) is 2.93. The smallest absolute Gasteiger partial charge is 0.408 e. The normalized spacial score (nSPS) is 10.6. The highest BCUT2D eigenvalue weighted by Crippen LogP contribution is 2.38. The van der Waals surface area contributed by atoms with Crippen LogP contribution in [0.2, 0.25) is 5.02 Å². The fourth-order valence-electron chi connectivity index (χ4n) is 2.18. The van der Waals surface area contributed by atoms with E-state index in [0.717, 1.165) is 0 Å². The van der Waals surface area contributed by atoms with Gasteiger partial charge in [-0.3, -0.25) is 0 Å². The summed E-state index contributed by atoms with van der Waals surface area (Å²) in [5.74, 6) is -0.450. The molecule has 0 aliphatic rings. The Hall–Kier alpha value is -3.13. The molecule has 0 saturated heterocycles. The molecular formula is C15H11ClFN5O2. The molecule has 9 heteroatoms. The molecule has 0 fully saturated rings. The molecule has 1 aromatic carbocycles. The monoisotopic (exact) mass is 347 g/mol. The van der Waals surface area contributed by atoms with Gasteiger partial charge in [-0.25, -0.2) is 19.2 Å². The first kappa shape index (κ1) is 15.8. The Morgan fingerprint density at radius 3 is 2.83 bits per heavy atom. The number of benzene rings is 1. The maximum absolute atomic E-state index is 13.7. The van der Waals surface area contributed by atoms with Crippen molar-refractivity contribution in [3.8, 4) is 28.4 Å². The Kier molecular flexibility index (Phi) is 4.05. The number of nitrogens with zero attached hydrogens (tertiary/aromatic N) is 2. The summed E-state index contributed by atoms with van der Waals surface area (Å²) in [6, 6.07) is 7.36. The Labute approximate surface area is 140 Å². The molecule has 0 spiro atoms. The molecule has 0 bridgehead atoms. The zero-order chi connectivity index (χ0) is 17.3. The molecule has 122 valence electrons. The first-order valence-corrected chi connectivity index (χ1v) is 7.07. The third kappa shape index (κ3) is 2.99. The van der Waals surface area contributed by atoms with E-state index in [-0.39, 0.29) is 22.4 Å². The van der Waals surface area contributed by atoms with E-state index in [0.29, 0.717) is 17.0 Å². The summed E-state index contributed by atoms with van der Waals surface area (Å²) in [7, 11) is 0. The zero-order valence-electron chi connectivity index (χ0n) is 12.1. The number of carbonyl (C=O) groups is 1. The minimum atomic E-state index is -1.02. The van der Waals surface area contributed by atoms with E-state index >= 15 is 0 Å². The lowest BCUT2D eigenvalue weighted by Gasteiger charge is -2.06. The van der Waals surface area contributed by atoms with E-state index < -0.39 is 11.9 Å². The van der Waals surface area contributed by atoms with Crippen LogP contribution in [0.3, 0.4) is 0 Å². The minimum Gasteiger partial charge on any atom is -0.408 e. The van der Waals surface area contributed by atoms with Crippen molar-refractivity contribution < 1.29 is 13.9 Å². The number of nitrogen functional groups attached to an aromatic ring is 1. The summed E-state index contributed by atoms with van der Waals surface area (Å²) in [5.41, 5.74) is 12.2. The molecule has 2 aromatic heterocycles. The number of H-pyrrole nitrogens is 1. The number of aromatic amines is 1. The summed E-state index contributed by atoms with van der Waals surface area (Å²) in [6.07, 6.45) is 0.457. The van der Waals surface area contributed by atoms with Crippen LogP contribution in [0.1, 0.15) is 0 Å². The fraction of sp³-hybridized carbons (Fsp3) is 0. The number of hydrogen-bond donors (Lipinski definition) is 3. The lowest BCUT2D eigenvalue weighted by molar-refractivity contribution is 0.211. The van der Waals surface area contributed by atoms with Crippen molar-refractivity contribution >= 4 is 23.6 Å². The number of carbonyl (C=O) groups excluding carboxylic acids is 1. The second kappa shape index (κ2) is 6.17. The number of hydrogen-bond acceptors (Lipinski definition) is 5. The van der Waals surface area contributed by atoms with Crippen LogP contribution >= 0.6 is 11.6 Å². The van der Waals surface area contributed by atoms with Crippen molar-refractivity contribution in [2.24, 2.45) is 5.73 Å². The maximum Gasteiger partial charge on any atom is 0.410 e. The third-order valence-electron chi connectivity index (χ3n) is 3.16. The van der Waals surface area contributed by atoms with Gasteiger partial charge in [0.15, 0.2) is 5.75 Å². The molecule has 2 heterocycles. The number of nitrogens with one attached hydrogen (secondary N) is 1. The Morgan fingerprint density at radius 1 is 1.33 bits per heavy atom. The number of nitrogens with two attached hydrogens (primary N) is 2. The molecule has 0 unspecified atom stereocenters. The summed E-state index contributed by atoms with van der Waals surface area (Å²) < 4.78 is 18.7. The van der Waals surface area contributed by atoms with Crippen LogP contribution in [0, 0.1) is 5.82 Å². The minimum absolute atomic E-state index is 0.0739. The van der Waals surface area contributed by atoms with E-state index in [4.69, 9.17) is 27.8 Å². The maximum atomic E-state index is 13.7. The van der Waals surface area contributed by atoms with Crippen molar-refractivity contribution in [1.82, 2.24) is 15.0 Å². The highest BCUT2D eigenvalue weighted by atomic mass is 35.5. The SMILES string of the molecule is NC(=O)Oc1cc(-c2ccnc(N)n2)[nH]c1-c1cccc(F)c1Cl. The van der Waals surface area contributed by atoms with Crippen LogP contribution in [0.25, 0.3) is 22.6 Å². The summed E-state index contributed by atoms with van der Waals surface area (Å²) >= 11 is 6.00. The quantitative estimate of drug-likeness (QED) is 0.672. The molecule has 3 rings (SSSR count). The molecule has 0 saturated carbocycles. The average molecular weight is 348 g/mol. The second-order valence-electron chi connectivity index (χ2n) is 4.74. The molecule has 0 radical (unpaired) electrons. The van der Waals surface area contributed by atoms with E-state index in [1.54, 1.807) is 12.1 Å². The molecule has 0 aliphatic heterocycles. The highest BCUT2D eigenvalue weighted by Gasteiger charge is 2.19. The van der Waals surface area contributed by atoms with Gasteiger partial charge >= 0.3 is 6.09 Å². The number of aromatic nitrogens is 3. The molecule has 3 aromatic rings. The molecular weight excluding hydrogens is 337 g/mol.